The van der Waals surface area contributed by atoms with E-state index in [1.807, 2.05) is 14.1 Å². The summed E-state index contributed by atoms with van der Waals surface area (Å²) in [5.41, 5.74) is 0.292. The first-order valence-electron chi connectivity index (χ1n) is 7.97. The van der Waals surface area contributed by atoms with E-state index in [1.165, 1.54) is 18.6 Å². The van der Waals surface area contributed by atoms with Gasteiger partial charge in [0.1, 0.15) is 0 Å². The highest BCUT2D eigenvalue weighted by atomic mass is 32.2. The number of hydrogen-bond donors (Lipinski definition) is 3. The zero-order chi connectivity index (χ0) is 18.0. The first kappa shape index (κ1) is 18.7. The molecule has 2 rings (SSSR count). The summed E-state index contributed by atoms with van der Waals surface area (Å²) in [6.45, 7) is 0.606. The summed E-state index contributed by atoms with van der Waals surface area (Å²) in [5.74, 6) is -1.19. The Morgan fingerprint density at radius 3 is 2.42 bits per heavy atom. The van der Waals surface area contributed by atoms with Crippen LogP contribution in [0.2, 0.25) is 0 Å². The molecule has 1 aliphatic carbocycles. The summed E-state index contributed by atoms with van der Waals surface area (Å²) >= 11 is 0. The Kier molecular flexibility index (Phi) is 5.52. The number of benzene rings is 1. The monoisotopic (exact) mass is 355 g/mol. The van der Waals surface area contributed by atoms with Gasteiger partial charge in [-0.15, -0.1) is 0 Å². The summed E-state index contributed by atoms with van der Waals surface area (Å²) in [7, 11) is 0.138. The third-order valence-corrected chi connectivity index (χ3v) is 5.80. The van der Waals surface area contributed by atoms with E-state index in [1.54, 1.807) is 0 Å². The quantitative estimate of drug-likeness (QED) is 0.716. The number of nitrogens with one attached hydrogen (secondary N) is 1. The highest BCUT2D eigenvalue weighted by Gasteiger charge is 2.34. The lowest BCUT2D eigenvalue weighted by molar-refractivity contribution is 0.0697. The Balaban J connectivity index is 2.27. The number of anilines is 1. The van der Waals surface area contributed by atoms with Crippen LogP contribution >= 0.6 is 0 Å². The molecule has 0 unspecified atom stereocenters. The molecule has 1 aromatic carbocycles. The van der Waals surface area contributed by atoms with E-state index in [-0.39, 0.29) is 16.0 Å². The second-order valence-electron chi connectivity index (χ2n) is 6.59. The molecule has 0 aliphatic heterocycles. The number of sulfonamides is 1. The molecule has 0 heterocycles. The molecule has 1 saturated carbocycles. The molecule has 1 aromatic rings. The van der Waals surface area contributed by atoms with E-state index in [2.05, 4.69) is 10.2 Å². The van der Waals surface area contributed by atoms with Crippen LogP contribution < -0.4 is 10.5 Å². The van der Waals surface area contributed by atoms with Crippen LogP contribution in [0.4, 0.5) is 5.69 Å². The molecule has 0 atom stereocenters. The van der Waals surface area contributed by atoms with Crippen molar-refractivity contribution in [2.24, 2.45) is 5.14 Å². The number of primary sulfonamides is 1. The fraction of sp³-hybridized carbons (Fsp3) is 0.562. The van der Waals surface area contributed by atoms with Crippen molar-refractivity contribution in [3.63, 3.8) is 0 Å². The lowest BCUT2D eigenvalue weighted by Gasteiger charge is -2.43. The van der Waals surface area contributed by atoms with Gasteiger partial charge in [-0.3, -0.25) is 0 Å². The molecular formula is C16H25N3O4S. The molecule has 8 heteroatoms. The van der Waals surface area contributed by atoms with Crippen LogP contribution in [0.1, 0.15) is 42.5 Å². The number of carbonyl (C=O) groups is 1. The van der Waals surface area contributed by atoms with Gasteiger partial charge in [-0.05, 0) is 45.1 Å². The van der Waals surface area contributed by atoms with Crippen molar-refractivity contribution in [1.29, 1.82) is 0 Å². The van der Waals surface area contributed by atoms with Crippen LogP contribution in [0.3, 0.4) is 0 Å². The number of carboxylic acids is 1. The molecule has 0 bridgehead atoms. The van der Waals surface area contributed by atoms with Gasteiger partial charge in [-0.25, -0.2) is 18.4 Å². The van der Waals surface area contributed by atoms with E-state index < -0.39 is 16.0 Å². The number of hydrogen-bond acceptors (Lipinski definition) is 5. The fourth-order valence-corrected chi connectivity index (χ4v) is 3.82. The van der Waals surface area contributed by atoms with Gasteiger partial charge in [-0.2, -0.15) is 0 Å². The number of carboxylic acid groups (broad SMARTS) is 1. The van der Waals surface area contributed by atoms with Gasteiger partial charge in [0, 0.05) is 17.8 Å². The maximum absolute atomic E-state index is 11.5. The van der Waals surface area contributed by atoms with Crippen LogP contribution in [0.25, 0.3) is 0 Å². The van der Waals surface area contributed by atoms with E-state index >= 15 is 0 Å². The number of likely N-dealkylation sites (N-methyl/N-ethyl adjacent to an activating group) is 1. The predicted molar refractivity (Wildman–Crippen MR) is 92.8 cm³/mol. The molecule has 0 radical (unpaired) electrons. The summed E-state index contributed by atoms with van der Waals surface area (Å²) in [4.78, 5) is 13.5. The normalized spacial score (nSPS) is 17.7. The minimum absolute atomic E-state index is 0.0212. The van der Waals surface area contributed by atoms with Gasteiger partial charge in [-0.1, -0.05) is 19.3 Å². The minimum atomic E-state index is -3.94. The van der Waals surface area contributed by atoms with Crippen LogP contribution in [-0.4, -0.2) is 50.6 Å². The average Bonchev–Trinajstić information content (AvgIpc) is 2.52. The Bertz CT molecular complexity index is 710. The SMILES string of the molecule is CN(C)C1(CNc2ccc(S(N)(=O)=O)cc2C(=O)O)CCCCC1. The number of nitrogens with zero attached hydrogens (tertiary/aromatic N) is 1. The third kappa shape index (κ3) is 4.06. The Morgan fingerprint density at radius 1 is 1.29 bits per heavy atom. The summed E-state index contributed by atoms with van der Waals surface area (Å²) in [6, 6.07) is 3.89. The average molecular weight is 355 g/mol. The van der Waals surface area contributed by atoms with Gasteiger partial charge in [0.05, 0.1) is 10.5 Å². The number of aromatic carboxylic acids is 1. The van der Waals surface area contributed by atoms with Gasteiger partial charge in [0.25, 0.3) is 0 Å². The van der Waals surface area contributed by atoms with Crippen molar-refractivity contribution in [2.75, 3.05) is 26.0 Å². The Hall–Kier alpha value is -1.64. The highest BCUT2D eigenvalue weighted by molar-refractivity contribution is 7.89. The van der Waals surface area contributed by atoms with Crippen molar-refractivity contribution in [1.82, 2.24) is 4.90 Å². The largest absolute Gasteiger partial charge is 0.478 e. The smallest absolute Gasteiger partial charge is 0.337 e. The molecule has 0 saturated heterocycles. The summed E-state index contributed by atoms with van der Waals surface area (Å²) < 4.78 is 22.8. The van der Waals surface area contributed by atoms with E-state index in [0.717, 1.165) is 31.7 Å². The molecule has 4 N–H and O–H groups in total. The Labute approximate surface area is 142 Å². The first-order chi connectivity index (χ1) is 11.2. The maximum Gasteiger partial charge on any atom is 0.337 e. The molecule has 24 heavy (non-hydrogen) atoms. The number of rotatable bonds is 6. The molecule has 1 aliphatic rings. The van der Waals surface area contributed by atoms with Gasteiger partial charge >= 0.3 is 5.97 Å². The molecule has 134 valence electrons. The Morgan fingerprint density at radius 2 is 1.92 bits per heavy atom. The molecule has 0 amide bonds. The second-order valence-corrected chi connectivity index (χ2v) is 8.15. The van der Waals surface area contributed by atoms with Crippen molar-refractivity contribution in [2.45, 2.75) is 42.5 Å². The van der Waals surface area contributed by atoms with Gasteiger partial charge in [0.2, 0.25) is 10.0 Å². The second kappa shape index (κ2) is 7.08. The van der Waals surface area contributed by atoms with Crippen LogP contribution in [0, 0.1) is 0 Å². The van der Waals surface area contributed by atoms with Crippen LogP contribution in [0.5, 0.6) is 0 Å². The molecule has 7 nitrogen and oxygen atoms in total. The van der Waals surface area contributed by atoms with E-state index in [9.17, 15) is 18.3 Å². The van der Waals surface area contributed by atoms with E-state index in [0.29, 0.717) is 12.2 Å². The molecule has 1 fully saturated rings. The zero-order valence-corrected chi connectivity index (χ0v) is 14.9. The topological polar surface area (TPSA) is 113 Å². The number of nitrogens with two attached hydrogens (primary N) is 1. The van der Waals surface area contributed by atoms with Crippen molar-refractivity contribution < 1.29 is 18.3 Å². The lowest BCUT2D eigenvalue weighted by atomic mass is 9.80. The maximum atomic E-state index is 11.5. The van der Waals surface area contributed by atoms with Crippen molar-refractivity contribution >= 4 is 21.7 Å². The molecular weight excluding hydrogens is 330 g/mol. The van der Waals surface area contributed by atoms with Gasteiger partial charge < -0.3 is 15.3 Å². The van der Waals surface area contributed by atoms with E-state index in [4.69, 9.17) is 5.14 Å². The zero-order valence-electron chi connectivity index (χ0n) is 14.1. The molecule has 0 spiro atoms. The fourth-order valence-electron chi connectivity index (χ4n) is 3.28. The van der Waals surface area contributed by atoms with Crippen LogP contribution in [0.15, 0.2) is 23.1 Å². The van der Waals surface area contributed by atoms with Crippen molar-refractivity contribution in [3.05, 3.63) is 23.8 Å². The molecule has 0 aromatic heterocycles. The lowest BCUT2D eigenvalue weighted by Crippen LogP contribution is -2.51. The minimum Gasteiger partial charge on any atom is -0.478 e. The standard InChI is InChI=1S/C16H25N3O4S/c1-19(2)16(8-4-3-5-9-16)11-18-14-7-6-12(24(17,22)23)10-13(14)15(20)21/h6-7,10,18H,3-5,8-9,11H2,1-2H3,(H,20,21)(H2,17,22,23). The first-order valence-corrected chi connectivity index (χ1v) is 9.52. The van der Waals surface area contributed by atoms with Crippen LogP contribution in [-0.2, 0) is 10.0 Å². The summed E-state index contributed by atoms with van der Waals surface area (Å²) in [6.07, 6.45) is 5.61. The summed E-state index contributed by atoms with van der Waals surface area (Å²) in [5, 5.41) is 17.7. The highest BCUT2D eigenvalue weighted by Crippen LogP contribution is 2.33. The van der Waals surface area contributed by atoms with Crippen molar-refractivity contribution in [3.8, 4) is 0 Å². The third-order valence-electron chi connectivity index (χ3n) is 4.89. The van der Waals surface area contributed by atoms with Gasteiger partial charge in [0.15, 0.2) is 0 Å². The predicted octanol–water partition coefficient (Wildman–Crippen LogP) is 1.71.